The molecule has 29 heavy (non-hydrogen) atoms. The summed E-state index contributed by atoms with van der Waals surface area (Å²) >= 11 is 0. The normalized spacial score (nSPS) is 11.2. The molecule has 0 atom stereocenters. The van der Waals surface area contributed by atoms with Crippen molar-refractivity contribution in [1.29, 1.82) is 0 Å². The van der Waals surface area contributed by atoms with Gasteiger partial charge in [-0.05, 0) is 23.8 Å². The summed E-state index contributed by atoms with van der Waals surface area (Å²) in [5.41, 5.74) is 3.78. The molecule has 3 aromatic carbocycles. The van der Waals surface area contributed by atoms with E-state index in [1.807, 2.05) is 72.8 Å². The number of hydrogen-bond acceptors (Lipinski definition) is 3. The molecule has 140 valence electrons. The Morgan fingerprint density at radius 1 is 0.862 bits per heavy atom. The van der Waals surface area contributed by atoms with Crippen molar-refractivity contribution in [3.8, 4) is 11.3 Å². The minimum absolute atomic E-state index is 0.0441. The fourth-order valence-corrected chi connectivity index (χ4v) is 3.75. The maximum absolute atomic E-state index is 13.5. The molecule has 1 N–H and O–H groups in total. The predicted molar refractivity (Wildman–Crippen MR) is 114 cm³/mol. The number of H-pyrrole nitrogens is 1. The summed E-state index contributed by atoms with van der Waals surface area (Å²) in [4.78, 5) is 28.9. The van der Waals surface area contributed by atoms with Crippen LogP contribution < -0.4 is 5.43 Å². The molecule has 2 aromatic heterocycles. The first kappa shape index (κ1) is 17.1. The van der Waals surface area contributed by atoms with Gasteiger partial charge in [0, 0.05) is 16.3 Å². The van der Waals surface area contributed by atoms with Crippen LogP contribution in [-0.4, -0.2) is 20.5 Å². The van der Waals surface area contributed by atoms with Gasteiger partial charge in [0.1, 0.15) is 6.54 Å². The minimum atomic E-state index is -0.152. The van der Waals surface area contributed by atoms with Crippen LogP contribution in [0.1, 0.15) is 10.4 Å². The van der Waals surface area contributed by atoms with Crippen LogP contribution in [-0.2, 0) is 6.54 Å². The zero-order valence-electron chi connectivity index (χ0n) is 15.5. The molecule has 0 unspecified atom stereocenters. The number of carbonyl (C=O) groups excluding carboxylic acids is 1. The minimum Gasteiger partial charge on any atom is -0.354 e. The van der Waals surface area contributed by atoms with Gasteiger partial charge in [0.15, 0.2) is 5.78 Å². The van der Waals surface area contributed by atoms with Gasteiger partial charge in [0.25, 0.3) is 0 Å². The predicted octanol–water partition coefficient (Wildman–Crippen LogP) is 4.43. The summed E-state index contributed by atoms with van der Waals surface area (Å²) in [6.07, 6.45) is 1.27. The number of aromatic amines is 1. The molecule has 5 heteroatoms. The van der Waals surface area contributed by atoms with Crippen molar-refractivity contribution in [3.63, 3.8) is 0 Å². The molecule has 0 amide bonds. The van der Waals surface area contributed by atoms with Crippen LogP contribution in [0.4, 0.5) is 0 Å². The molecule has 0 aliphatic carbocycles. The summed E-state index contributed by atoms with van der Waals surface area (Å²) < 4.78 is 1.59. The van der Waals surface area contributed by atoms with Crippen molar-refractivity contribution >= 4 is 27.6 Å². The Bertz CT molecular complexity index is 1410. The molecule has 0 radical (unpaired) electrons. The molecular formula is C24H17N3O2. The lowest BCUT2D eigenvalue weighted by Gasteiger charge is -2.09. The van der Waals surface area contributed by atoms with Crippen molar-refractivity contribution in [2.24, 2.45) is 0 Å². The van der Waals surface area contributed by atoms with Gasteiger partial charge in [-0.25, -0.2) is 0 Å². The molecule has 0 spiro atoms. The van der Waals surface area contributed by atoms with Crippen LogP contribution in [0.25, 0.3) is 33.1 Å². The molecule has 0 aliphatic rings. The first-order valence-corrected chi connectivity index (χ1v) is 9.36. The Balaban J connectivity index is 1.66. The van der Waals surface area contributed by atoms with Crippen LogP contribution in [0.2, 0.25) is 0 Å². The van der Waals surface area contributed by atoms with E-state index in [1.54, 1.807) is 10.7 Å². The van der Waals surface area contributed by atoms with E-state index in [2.05, 4.69) is 10.1 Å². The van der Waals surface area contributed by atoms with Crippen molar-refractivity contribution in [2.75, 3.05) is 0 Å². The Morgan fingerprint density at radius 3 is 2.38 bits per heavy atom. The molecule has 5 aromatic rings. The van der Waals surface area contributed by atoms with Crippen molar-refractivity contribution in [1.82, 2.24) is 14.8 Å². The quantitative estimate of drug-likeness (QED) is 0.470. The highest BCUT2D eigenvalue weighted by atomic mass is 16.1. The van der Waals surface area contributed by atoms with E-state index in [0.29, 0.717) is 16.5 Å². The number of hydrogen-bond donors (Lipinski definition) is 1. The lowest BCUT2D eigenvalue weighted by Crippen LogP contribution is -2.17. The van der Waals surface area contributed by atoms with Crippen LogP contribution in [0, 0.1) is 0 Å². The van der Waals surface area contributed by atoms with E-state index in [9.17, 15) is 9.59 Å². The number of rotatable bonds is 4. The smallest absolute Gasteiger partial charge is 0.207 e. The third kappa shape index (κ3) is 2.93. The summed E-state index contributed by atoms with van der Waals surface area (Å²) in [7, 11) is 0. The Hall–Kier alpha value is -3.99. The maximum atomic E-state index is 13.5. The van der Waals surface area contributed by atoms with E-state index in [-0.39, 0.29) is 17.8 Å². The van der Waals surface area contributed by atoms with E-state index < -0.39 is 0 Å². The van der Waals surface area contributed by atoms with Crippen molar-refractivity contribution < 1.29 is 4.79 Å². The van der Waals surface area contributed by atoms with Crippen LogP contribution in [0.15, 0.2) is 89.9 Å². The fourth-order valence-electron chi connectivity index (χ4n) is 3.75. The molecule has 5 rings (SSSR count). The molecule has 5 nitrogen and oxygen atoms in total. The third-order valence-electron chi connectivity index (χ3n) is 5.10. The van der Waals surface area contributed by atoms with Gasteiger partial charge < -0.3 is 4.98 Å². The summed E-state index contributed by atoms with van der Waals surface area (Å²) in [5, 5.41) is 5.64. The van der Waals surface area contributed by atoms with Gasteiger partial charge in [-0.1, -0.05) is 60.7 Å². The highest BCUT2D eigenvalue weighted by Gasteiger charge is 2.20. The monoisotopic (exact) mass is 379 g/mol. The summed E-state index contributed by atoms with van der Waals surface area (Å²) in [6.45, 7) is 0.0441. The molecule has 0 bridgehead atoms. The first-order chi connectivity index (χ1) is 14.2. The van der Waals surface area contributed by atoms with E-state index >= 15 is 0 Å². The number of ketones is 1. The number of nitrogens with one attached hydrogen (secondary N) is 1. The molecule has 0 aliphatic heterocycles. The molecule has 0 fully saturated rings. The zero-order chi connectivity index (χ0) is 19.8. The number of fused-ring (bicyclic) bond motifs is 2. The lowest BCUT2D eigenvalue weighted by atomic mass is 10.0. The summed E-state index contributed by atoms with van der Waals surface area (Å²) in [5.74, 6) is -0.0670. The second-order valence-electron chi connectivity index (χ2n) is 6.89. The highest BCUT2D eigenvalue weighted by Crippen LogP contribution is 2.31. The fraction of sp³-hybridized carbons (Fsp3) is 0.0417. The highest BCUT2D eigenvalue weighted by molar-refractivity contribution is 6.13. The van der Waals surface area contributed by atoms with Gasteiger partial charge in [-0.3, -0.25) is 14.3 Å². The third-order valence-corrected chi connectivity index (χ3v) is 5.10. The number of nitrogens with zero attached hydrogens (tertiary/aromatic N) is 2. The average molecular weight is 379 g/mol. The summed E-state index contributed by atoms with van der Waals surface area (Å²) in [6, 6.07) is 24.8. The average Bonchev–Trinajstić information content (AvgIpc) is 3.16. The maximum Gasteiger partial charge on any atom is 0.207 e. The number of Topliss-reactive ketones (excluding diaryl/α,β-unsaturated/α-hetero) is 1. The van der Waals surface area contributed by atoms with Gasteiger partial charge in [-0.15, -0.1) is 0 Å². The largest absolute Gasteiger partial charge is 0.354 e. The lowest BCUT2D eigenvalue weighted by molar-refractivity contribution is 0.0971. The van der Waals surface area contributed by atoms with Crippen LogP contribution in [0.3, 0.4) is 0 Å². The van der Waals surface area contributed by atoms with Crippen LogP contribution >= 0.6 is 0 Å². The van der Waals surface area contributed by atoms with Crippen molar-refractivity contribution in [3.05, 3.63) is 101 Å². The number of para-hydroxylation sites is 2. The second-order valence-corrected chi connectivity index (χ2v) is 6.89. The standard InChI is InChI=1S/C24H17N3O2/c28-21-14-25-27(20-13-7-5-11-18(20)21)15-22(29)23-17-10-4-6-12-19(17)26-24(23)16-8-2-1-3-9-16/h1-14,26H,15H2. The zero-order valence-corrected chi connectivity index (χ0v) is 15.5. The van der Waals surface area contributed by atoms with Crippen molar-refractivity contribution in [2.45, 2.75) is 6.54 Å². The number of aromatic nitrogens is 3. The number of carbonyl (C=O) groups is 1. The van der Waals surface area contributed by atoms with E-state index in [4.69, 9.17) is 0 Å². The van der Waals surface area contributed by atoms with E-state index in [1.165, 1.54) is 6.20 Å². The van der Waals surface area contributed by atoms with Gasteiger partial charge >= 0.3 is 0 Å². The Kier molecular flexibility index (Phi) is 4.06. The molecule has 0 saturated heterocycles. The van der Waals surface area contributed by atoms with Gasteiger partial charge in [0.05, 0.1) is 23.0 Å². The molecule has 0 saturated carbocycles. The topological polar surface area (TPSA) is 67.8 Å². The van der Waals surface area contributed by atoms with Gasteiger partial charge in [0.2, 0.25) is 5.43 Å². The number of benzene rings is 3. The van der Waals surface area contributed by atoms with E-state index in [0.717, 1.165) is 22.2 Å². The SMILES string of the molecule is O=C(Cn1ncc(=O)c2ccccc21)c1c(-c2ccccc2)[nH]c2ccccc12. The van der Waals surface area contributed by atoms with Crippen LogP contribution in [0.5, 0.6) is 0 Å². The Morgan fingerprint density at radius 2 is 1.55 bits per heavy atom. The van der Waals surface area contributed by atoms with Gasteiger partial charge in [-0.2, -0.15) is 5.10 Å². The first-order valence-electron chi connectivity index (χ1n) is 9.36. The Labute approximate surface area is 166 Å². The molecule has 2 heterocycles. The second kappa shape index (κ2) is 6.87. The molecular weight excluding hydrogens is 362 g/mol.